The first-order valence-electron chi connectivity index (χ1n) is 6.75. The van der Waals surface area contributed by atoms with Gasteiger partial charge in [-0.15, -0.1) is 0 Å². The topological polar surface area (TPSA) is 42.0 Å². The van der Waals surface area contributed by atoms with Crippen LogP contribution in [0.5, 0.6) is 0 Å². The molecule has 18 heavy (non-hydrogen) atoms. The zero-order valence-electron chi connectivity index (χ0n) is 11.9. The molecule has 0 saturated carbocycles. The fourth-order valence-corrected chi connectivity index (χ4v) is 2.36. The van der Waals surface area contributed by atoms with Crippen LogP contribution >= 0.6 is 0 Å². The maximum absolute atomic E-state index is 11.1. The number of nitrogens with zero attached hydrogens (tertiary/aromatic N) is 2. The monoisotopic (exact) mass is 258 g/mol. The lowest BCUT2D eigenvalue weighted by molar-refractivity contribution is -0.148. The molecule has 1 unspecified atom stereocenters. The number of likely N-dealkylation sites (N-methyl/N-ethyl adjacent to an activating group) is 1. The molecule has 1 aliphatic heterocycles. The molecule has 5 nitrogen and oxygen atoms in total. The largest absolute Gasteiger partial charge is 0.464 e. The number of esters is 1. The van der Waals surface area contributed by atoms with Gasteiger partial charge in [-0.25, -0.2) is 4.79 Å². The molecule has 0 aromatic rings. The Kier molecular flexibility index (Phi) is 7.23. The van der Waals surface area contributed by atoms with Crippen molar-refractivity contribution in [2.24, 2.45) is 0 Å². The second-order valence-electron chi connectivity index (χ2n) is 4.95. The third kappa shape index (κ3) is 5.80. The number of hydrogen-bond donors (Lipinski definition) is 0. The van der Waals surface area contributed by atoms with Crippen LogP contribution in [-0.2, 0) is 14.3 Å². The van der Waals surface area contributed by atoms with Gasteiger partial charge in [0.15, 0.2) is 0 Å². The summed E-state index contributed by atoms with van der Waals surface area (Å²) >= 11 is 0. The first-order chi connectivity index (χ1) is 8.63. The lowest BCUT2D eigenvalue weighted by Gasteiger charge is -2.26. The fraction of sp³-hybridized carbons (Fsp3) is 0.923. The molecule has 0 radical (unpaired) electrons. The van der Waals surface area contributed by atoms with E-state index in [-0.39, 0.29) is 12.6 Å². The van der Waals surface area contributed by atoms with Crippen LogP contribution in [0.3, 0.4) is 0 Å². The van der Waals surface area contributed by atoms with Gasteiger partial charge in [0.25, 0.3) is 0 Å². The van der Waals surface area contributed by atoms with E-state index in [1.54, 1.807) is 6.92 Å². The predicted octanol–water partition coefficient (Wildman–Crippen LogP) is 0.592. The second-order valence-corrected chi connectivity index (χ2v) is 4.95. The van der Waals surface area contributed by atoms with Crippen molar-refractivity contribution >= 4 is 5.97 Å². The molecule has 1 atom stereocenters. The van der Waals surface area contributed by atoms with Crippen LogP contribution in [0.2, 0.25) is 0 Å². The summed E-state index contributed by atoms with van der Waals surface area (Å²) < 4.78 is 10.1. The van der Waals surface area contributed by atoms with Crippen LogP contribution in [0, 0.1) is 0 Å². The molecule has 0 aromatic carbocycles. The van der Waals surface area contributed by atoms with E-state index in [9.17, 15) is 4.79 Å². The van der Waals surface area contributed by atoms with Gasteiger partial charge in [0, 0.05) is 19.1 Å². The number of likely N-dealkylation sites (tertiary alicyclic amines) is 1. The Hall–Kier alpha value is -0.650. The molecule has 5 heteroatoms. The lowest BCUT2D eigenvalue weighted by atomic mass is 10.2. The third-order valence-electron chi connectivity index (χ3n) is 3.12. The minimum absolute atomic E-state index is 0.0695. The number of carbonyl (C=O) groups excluding carboxylic acids is 1. The standard InChI is InChI=1S/C13H26N2O3/c1-4-18-13(16)11-17-9-8-15-7-5-6-12(15)10-14(2)3/h12H,4-11H2,1-3H3. The maximum atomic E-state index is 11.1. The summed E-state index contributed by atoms with van der Waals surface area (Å²) in [5, 5.41) is 0. The number of carbonyl (C=O) groups is 1. The third-order valence-corrected chi connectivity index (χ3v) is 3.12. The second kappa shape index (κ2) is 8.45. The molecule has 0 N–H and O–H groups in total. The predicted molar refractivity (Wildman–Crippen MR) is 70.6 cm³/mol. The lowest BCUT2D eigenvalue weighted by Crippen LogP contribution is -2.39. The van der Waals surface area contributed by atoms with Crippen LogP contribution in [0.15, 0.2) is 0 Å². The summed E-state index contributed by atoms with van der Waals surface area (Å²) in [4.78, 5) is 15.8. The van der Waals surface area contributed by atoms with Crippen molar-refractivity contribution in [2.75, 3.05) is 53.6 Å². The quantitative estimate of drug-likeness (QED) is 0.471. The Bertz CT molecular complexity index is 246. The van der Waals surface area contributed by atoms with Crippen molar-refractivity contribution < 1.29 is 14.3 Å². The Morgan fingerprint density at radius 1 is 1.44 bits per heavy atom. The van der Waals surface area contributed by atoms with E-state index in [0.717, 1.165) is 19.6 Å². The van der Waals surface area contributed by atoms with E-state index < -0.39 is 0 Å². The van der Waals surface area contributed by atoms with E-state index in [4.69, 9.17) is 9.47 Å². The highest BCUT2D eigenvalue weighted by atomic mass is 16.6. The van der Waals surface area contributed by atoms with Gasteiger partial charge >= 0.3 is 5.97 Å². The Morgan fingerprint density at radius 3 is 2.89 bits per heavy atom. The average molecular weight is 258 g/mol. The van der Waals surface area contributed by atoms with Crippen LogP contribution in [0.25, 0.3) is 0 Å². The van der Waals surface area contributed by atoms with Crippen molar-refractivity contribution in [2.45, 2.75) is 25.8 Å². The van der Waals surface area contributed by atoms with E-state index in [1.807, 2.05) is 0 Å². The van der Waals surface area contributed by atoms with Crippen LogP contribution in [0.1, 0.15) is 19.8 Å². The summed E-state index contributed by atoms with van der Waals surface area (Å²) in [5.74, 6) is -0.274. The van der Waals surface area contributed by atoms with Crippen molar-refractivity contribution in [1.82, 2.24) is 9.80 Å². The summed E-state index contributed by atoms with van der Waals surface area (Å²) in [5.41, 5.74) is 0. The minimum atomic E-state index is -0.274. The van der Waals surface area contributed by atoms with Crippen LogP contribution in [0.4, 0.5) is 0 Å². The molecular weight excluding hydrogens is 232 g/mol. The van der Waals surface area contributed by atoms with Gasteiger partial charge in [-0.3, -0.25) is 4.90 Å². The zero-order chi connectivity index (χ0) is 13.4. The van der Waals surface area contributed by atoms with E-state index in [1.165, 1.54) is 12.8 Å². The van der Waals surface area contributed by atoms with Gasteiger partial charge in [-0.1, -0.05) is 0 Å². The van der Waals surface area contributed by atoms with Gasteiger partial charge in [0.2, 0.25) is 0 Å². The molecule has 0 spiro atoms. The van der Waals surface area contributed by atoms with Crippen LogP contribution in [-0.4, -0.2) is 75.4 Å². The van der Waals surface area contributed by atoms with Crippen molar-refractivity contribution in [1.29, 1.82) is 0 Å². The van der Waals surface area contributed by atoms with Crippen molar-refractivity contribution in [3.63, 3.8) is 0 Å². The van der Waals surface area contributed by atoms with Gasteiger partial charge in [-0.05, 0) is 40.4 Å². The average Bonchev–Trinajstić information content (AvgIpc) is 2.71. The Morgan fingerprint density at radius 2 is 2.22 bits per heavy atom. The van der Waals surface area contributed by atoms with Crippen molar-refractivity contribution in [3.8, 4) is 0 Å². The van der Waals surface area contributed by atoms with E-state index in [2.05, 4.69) is 23.9 Å². The summed E-state index contributed by atoms with van der Waals surface area (Å²) in [6.07, 6.45) is 2.52. The zero-order valence-corrected chi connectivity index (χ0v) is 11.9. The summed E-state index contributed by atoms with van der Waals surface area (Å²) in [7, 11) is 4.21. The molecule has 106 valence electrons. The maximum Gasteiger partial charge on any atom is 0.332 e. The molecule has 1 saturated heterocycles. The van der Waals surface area contributed by atoms with Gasteiger partial charge < -0.3 is 14.4 Å². The smallest absolute Gasteiger partial charge is 0.332 e. The Balaban J connectivity index is 2.12. The van der Waals surface area contributed by atoms with Gasteiger partial charge in [0.05, 0.1) is 13.2 Å². The van der Waals surface area contributed by atoms with Gasteiger partial charge in [-0.2, -0.15) is 0 Å². The summed E-state index contributed by atoms with van der Waals surface area (Å²) in [6.45, 7) is 6.02. The molecule has 1 heterocycles. The van der Waals surface area contributed by atoms with E-state index in [0.29, 0.717) is 19.3 Å². The number of hydrogen-bond acceptors (Lipinski definition) is 5. The highest BCUT2D eigenvalue weighted by Gasteiger charge is 2.24. The molecule has 0 amide bonds. The summed E-state index contributed by atoms with van der Waals surface area (Å²) in [6, 6.07) is 0.631. The molecule has 0 bridgehead atoms. The molecular formula is C13H26N2O3. The van der Waals surface area contributed by atoms with E-state index >= 15 is 0 Å². The highest BCUT2D eigenvalue weighted by Crippen LogP contribution is 2.16. The molecule has 0 aromatic heterocycles. The van der Waals surface area contributed by atoms with Gasteiger partial charge in [0.1, 0.15) is 6.61 Å². The molecule has 0 aliphatic carbocycles. The fourth-order valence-electron chi connectivity index (χ4n) is 2.36. The SMILES string of the molecule is CCOC(=O)COCCN1CCCC1CN(C)C. The molecule has 1 aliphatic rings. The molecule has 1 rings (SSSR count). The first-order valence-corrected chi connectivity index (χ1v) is 6.75. The highest BCUT2D eigenvalue weighted by molar-refractivity contribution is 5.70. The Labute approximate surface area is 110 Å². The number of rotatable bonds is 8. The number of ether oxygens (including phenoxy) is 2. The minimum Gasteiger partial charge on any atom is -0.464 e. The normalized spacial score (nSPS) is 20.6. The van der Waals surface area contributed by atoms with Crippen molar-refractivity contribution in [3.05, 3.63) is 0 Å². The molecule has 1 fully saturated rings. The van der Waals surface area contributed by atoms with Crippen LogP contribution < -0.4 is 0 Å². The first kappa shape index (κ1) is 15.4.